The van der Waals surface area contributed by atoms with Gasteiger partial charge in [0, 0.05) is 11.3 Å². The van der Waals surface area contributed by atoms with Crippen LogP contribution in [0.25, 0.3) is 10.9 Å². The average Bonchev–Trinajstić information content (AvgIpc) is 2.73. The van der Waals surface area contributed by atoms with Crippen LogP contribution in [0.1, 0.15) is 30.4 Å². The van der Waals surface area contributed by atoms with Crippen molar-refractivity contribution in [2.75, 3.05) is 19.8 Å². The lowest BCUT2D eigenvalue weighted by Gasteiger charge is -2.22. The summed E-state index contributed by atoms with van der Waals surface area (Å²) in [6, 6.07) is 12.2. The number of ether oxygens (including phenoxy) is 3. The van der Waals surface area contributed by atoms with Gasteiger partial charge in [-0.2, -0.15) is 0 Å². The van der Waals surface area contributed by atoms with Gasteiger partial charge in [0.2, 0.25) is 0 Å². The zero-order valence-electron chi connectivity index (χ0n) is 15.9. The molecule has 7 heteroatoms. The molecule has 2 N–H and O–H groups in total. The third kappa shape index (κ3) is 3.63. The van der Waals surface area contributed by atoms with Crippen molar-refractivity contribution >= 4 is 16.9 Å². The van der Waals surface area contributed by atoms with Crippen LogP contribution < -0.4 is 15.0 Å². The van der Waals surface area contributed by atoms with Gasteiger partial charge < -0.3 is 24.3 Å². The van der Waals surface area contributed by atoms with Crippen molar-refractivity contribution in [2.45, 2.75) is 19.3 Å². The van der Waals surface area contributed by atoms with E-state index in [1.165, 1.54) is 0 Å². The molecule has 0 saturated carbocycles. The van der Waals surface area contributed by atoms with E-state index in [1.807, 2.05) is 0 Å². The molecule has 1 aromatic heterocycles. The minimum atomic E-state index is -0.710. The molecule has 150 valence electrons. The smallest absolute Gasteiger partial charge is 0.306 e. The van der Waals surface area contributed by atoms with E-state index in [0.29, 0.717) is 41.2 Å². The predicted octanol–water partition coefficient (Wildman–Crippen LogP) is 3.09. The van der Waals surface area contributed by atoms with Gasteiger partial charge in [0.05, 0.1) is 24.1 Å². The van der Waals surface area contributed by atoms with Crippen LogP contribution in [0.4, 0.5) is 0 Å². The Morgan fingerprint density at radius 3 is 2.72 bits per heavy atom. The summed E-state index contributed by atoms with van der Waals surface area (Å²) in [7, 11) is 0. The maximum Gasteiger partial charge on any atom is 0.306 e. The molecule has 1 aliphatic heterocycles. The lowest BCUT2D eigenvalue weighted by molar-refractivity contribution is -0.143. The number of para-hydroxylation sites is 1. The summed E-state index contributed by atoms with van der Waals surface area (Å²) in [6.45, 7) is 2.83. The number of fused-ring (bicyclic) bond motifs is 2. The van der Waals surface area contributed by atoms with Crippen molar-refractivity contribution in [2.24, 2.45) is 0 Å². The fourth-order valence-corrected chi connectivity index (χ4v) is 3.61. The van der Waals surface area contributed by atoms with E-state index in [1.54, 1.807) is 49.4 Å². The van der Waals surface area contributed by atoms with Gasteiger partial charge in [-0.05, 0) is 36.8 Å². The van der Waals surface area contributed by atoms with Gasteiger partial charge in [-0.25, -0.2) is 0 Å². The number of hydrogen-bond acceptors (Lipinski definition) is 6. The van der Waals surface area contributed by atoms with E-state index in [2.05, 4.69) is 4.98 Å². The van der Waals surface area contributed by atoms with Crippen LogP contribution in [-0.2, 0) is 9.53 Å². The zero-order valence-corrected chi connectivity index (χ0v) is 15.9. The van der Waals surface area contributed by atoms with Crippen LogP contribution in [0, 0.1) is 0 Å². The molecule has 2 heterocycles. The minimum absolute atomic E-state index is 0.0948. The second-order valence-corrected chi connectivity index (χ2v) is 6.73. The number of hydrogen-bond donors (Lipinski definition) is 2. The first-order valence-corrected chi connectivity index (χ1v) is 9.47. The number of aromatic hydroxyl groups is 1. The van der Waals surface area contributed by atoms with Gasteiger partial charge in [0.15, 0.2) is 11.5 Å². The van der Waals surface area contributed by atoms with Gasteiger partial charge in [0.25, 0.3) is 5.56 Å². The molecule has 2 aromatic carbocycles. The predicted molar refractivity (Wildman–Crippen MR) is 107 cm³/mol. The van der Waals surface area contributed by atoms with Crippen molar-refractivity contribution in [1.29, 1.82) is 0 Å². The second kappa shape index (κ2) is 7.87. The number of benzene rings is 2. The summed E-state index contributed by atoms with van der Waals surface area (Å²) < 4.78 is 16.3. The highest BCUT2D eigenvalue weighted by Crippen LogP contribution is 2.39. The third-order valence-electron chi connectivity index (χ3n) is 4.92. The maximum absolute atomic E-state index is 12.9. The Morgan fingerprint density at radius 2 is 1.93 bits per heavy atom. The Kier molecular flexibility index (Phi) is 5.12. The van der Waals surface area contributed by atoms with Crippen molar-refractivity contribution in [3.05, 3.63) is 63.9 Å². The van der Waals surface area contributed by atoms with Crippen LogP contribution in [0.15, 0.2) is 47.3 Å². The first-order chi connectivity index (χ1) is 14.1. The first kappa shape index (κ1) is 18.9. The molecule has 0 unspecified atom stereocenters. The van der Waals surface area contributed by atoms with Crippen LogP contribution in [0.2, 0.25) is 0 Å². The standard InChI is InChI=1S/C22H21NO6/c1-2-27-19(24)12-15(13-7-8-17-18(11-13)29-10-9-28-17)20-21(25)14-5-3-4-6-16(14)23-22(20)26/h3-8,11,15H,2,9-10,12H2,1H3,(H2,23,25,26)/t15-/m1/s1. The Bertz CT molecular complexity index is 1120. The molecule has 1 atom stereocenters. The number of carbonyl (C=O) groups is 1. The molecule has 0 radical (unpaired) electrons. The molecule has 0 aliphatic carbocycles. The molecule has 0 spiro atoms. The van der Waals surface area contributed by atoms with E-state index in [-0.39, 0.29) is 24.3 Å². The summed E-state index contributed by atoms with van der Waals surface area (Å²) in [5.74, 6) is -0.169. The number of esters is 1. The number of aromatic amines is 1. The summed E-state index contributed by atoms with van der Waals surface area (Å²) >= 11 is 0. The Labute approximate surface area is 166 Å². The molecule has 0 fully saturated rings. The highest BCUT2D eigenvalue weighted by molar-refractivity contribution is 5.86. The zero-order chi connectivity index (χ0) is 20.4. The average molecular weight is 395 g/mol. The molecule has 29 heavy (non-hydrogen) atoms. The number of carbonyl (C=O) groups excluding carboxylic acids is 1. The topological polar surface area (TPSA) is 97.8 Å². The number of nitrogens with one attached hydrogen (secondary N) is 1. The van der Waals surface area contributed by atoms with Crippen molar-refractivity contribution in [1.82, 2.24) is 4.98 Å². The van der Waals surface area contributed by atoms with Gasteiger partial charge in [0.1, 0.15) is 19.0 Å². The number of pyridine rings is 1. The SMILES string of the molecule is CCOC(=O)C[C@H](c1ccc2c(c1)OCCO2)c1c(O)c2ccccc2[nH]c1=O. The van der Waals surface area contributed by atoms with Gasteiger partial charge >= 0.3 is 5.97 Å². The summed E-state index contributed by atoms with van der Waals surface area (Å²) in [6.07, 6.45) is -0.0948. The normalized spacial score (nSPS) is 13.8. The number of rotatable bonds is 5. The Balaban J connectivity index is 1.86. The van der Waals surface area contributed by atoms with Gasteiger partial charge in [-0.3, -0.25) is 9.59 Å². The van der Waals surface area contributed by atoms with Crippen LogP contribution in [-0.4, -0.2) is 35.9 Å². The molecule has 7 nitrogen and oxygen atoms in total. The molecular formula is C22H21NO6. The Hall–Kier alpha value is -3.48. The van der Waals surface area contributed by atoms with Crippen molar-refractivity contribution in [3.63, 3.8) is 0 Å². The molecule has 0 bridgehead atoms. The molecule has 3 aromatic rings. The largest absolute Gasteiger partial charge is 0.507 e. The quantitative estimate of drug-likeness (QED) is 0.645. The first-order valence-electron chi connectivity index (χ1n) is 9.47. The summed E-state index contributed by atoms with van der Waals surface area (Å²) in [5, 5.41) is 11.4. The molecule has 1 aliphatic rings. The summed E-state index contributed by atoms with van der Waals surface area (Å²) in [5.41, 5.74) is 0.841. The van der Waals surface area contributed by atoms with Crippen molar-refractivity contribution in [3.8, 4) is 17.2 Å². The van der Waals surface area contributed by atoms with E-state index in [4.69, 9.17) is 14.2 Å². The number of H-pyrrole nitrogens is 1. The molecular weight excluding hydrogens is 374 g/mol. The monoisotopic (exact) mass is 395 g/mol. The highest BCUT2D eigenvalue weighted by Gasteiger charge is 2.27. The van der Waals surface area contributed by atoms with E-state index in [0.717, 1.165) is 0 Å². The van der Waals surface area contributed by atoms with E-state index in [9.17, 15) is 14.7 Å². The Morgan fingerprint density at radius 1 is 1.17 bits per heavy atom. The van der Waals surface area contributed by atoms with Crippen molar-refractivity contribution < 1.29 is 24.1 Å². The van der Waals surface area contributed by atoms with Gasteiger partial charge in [-0.15, -0.1) is 0 Å². The van der Waals surface area contributed by atoms with Crippen LogP contribution in [0.3, 0.4) is 0 Å². The van der Waals surface area contributed by atoms with Crippen LogP contribution in [0.5, 0.6) is 17.2 Å². The lowest BCUT2D eigenvalue weighted by Crippen LogP contribution is -2.21. The molecule has 0 saturated heterocycles. The highest BCUT2D eigenvalue weighted by atomic mass is 16.6. The van der Waals surface area contributed by atoms with Gasteiger partial charge in [-0.1, -0.05) is 18.2 Å². The maximum atomic E-state index is 12.9. The van der Waals surface area contributed by atoms with E-state index < -0.39 is 17.4 Å². The second-order valence-electron chi connectivity index (χ2n) is 6.73. The van der Waals surface area contributed by atoms with E-state index >= 15 is 0 Å². The lowest BCUT2D eigenvalue weighted by atomic mass is 9.87. The molecule has 4 rings (SSSR count). The molecule has 0 amide bonds. The minimum Gasteiger partial charge on any atom is -0.507 e. The third-order valence-corrected chi connectivity index (χ3v) is 4.92. The number of aromatic nitrogens is 1. The fourth-order valence-electron chi connectivity index (χ4n) is 3.61. The fraction of sp³-hybridized carbons (Fsp3) is 0.273. The van der Waals surface area contributed by atoms with Crippen LogP contribution >= 0.6 is 0 Å². The summed E-state index contributed by atoms with van der Waals surface area (Å²) in [4.78, 5) is 28.0.